The Labute approximate surface area is 105 Å². The Hall–Kier alpha value is -1.44. The Morgan fingerprint density at radius 2 is 2.06 bits per heavy atom. The molecule has 0 aliphatic carbocycles. The second-order valence-corrected chi connectivity index (χ2v) is 4.25. The van der Waals surface area contributed by atoms with Gasteiger partial charge in [-0.1, -0.05) is 0 Å². The molecule has 0 aromatic carbocycles. The lowest BCUT2D eigenvalue weighted by atomic mass is 10.2. The summed E-state index contributed by atoms with van der Waals surface area (Å²) < 4.78 is 2.01. The summed E-state index contributed by atoms with van der Waals surface area (Å²) in [5.41, 5.74) is 1.73. The van der Waals surface area contributed by atoms with Crippen LogP contribution in [0.5, 0.6) is 0 Å². The van der Waals surface area contributed by atoms with Gasteiger partial charge in [0.1, 0.15) is 5.69 Å². The molecule has 6 heteroatoms. The van der Waals surface area contributed by atoms with Crippen LogP contribution in [-0.2, 0) is 7.05 Å². The normalized spacial score (nSPS) is 10.4. The average molecular weight is 329 g/mol. The zero-order chi connectivity index (χ0) is 11.7. The fraction of sp³-hybridized carbons (Fsp3) is 0.100. The lowest BCUT2D eigenvalue weighted by Gasteiger charge is -1.95. The molecule has 0 atom stereocenters. The number of aromatic carboxylic acids is 1. The molecule has 2 heterocycles. The number of nitrogens with zero attached hydrogens (tertiary/aromatic N) is 3. The summed E-state index contributed by atoms with van der Waals surface area (Å²) in [6.45, 7) is 0. The SMILES string of the molecule is Cn1nc(-c2ccncc2)c(I)c1C(=O)O. The number of halogens is 1. The maximum atomic E-state index is 11.0. The van der Waals surface area contributed by atoms with Crippen LogP contribution in [0.3, 0.4) is 0 Å². The van der Waals surface area contributed by atoms with E-state index in [1.807, 2.05) is 22.6 Å². The van der Waals surface area contributed by atoms with E-state index in [9.17, 15) is 4.79 Å². The van der Waals surface area contributed by atoms with Crippen molar-refractivity contribution < 1.29 is 9.90 Å². The smallest absolute Gasteiger partial charge is 0.355 e. The molecule has 0 fully saturated rings. The van der Waals surface area contributed by atoms with E-state index in [0.29, 0.717) is 9.26 Å². The fourth-order valence-electron chi connectivity index (χ4n) is 1.42. The van der Waals surface area contributed by atoms with Crippen LogP contribution >= 0.6 is 22.6 Å². The Bertz CT molecular complexity index is 536. The molecule has 0 unspecified atom stereocenters. The molecule has 0 saturated heterocycles. The highest BCUT2D eigenvalue weighted by atomic mass is 127. The number of pyridine rings is 1. The highest BCUT2D eigenvalue weighted by Crippen LogP contribution is 2.25. The first-order chi connectivity index (χ1) is 7.61. The van der Waals surface area contributed by atoms with Crippen LogP contribution in [0.1, 0.15) is 10.5 Å². The van der Waals surface area contributed by atoms with Crippen molar-refractivity contribution >= 4 is 28.6 Å². The molecule has 0 amide bonds. The van der Waals surface area contributed by atoms with Gasteiger partial charge in [-0.2, -0.15) is 5.10 Å². The number of rotatable bonds is 2. The molecule has 82 valence electrons. The summed E-state index contributed by atoms with van der Waals surface area (Å²) in [5, 5.41) is 13.2. The minimum Gasteiger partial charge on any atom is -0.476 e. The third kappa shape index (κ3) is 1.80. The molecule has 1 N–H and O–H groups in total. The van der Waals surface area contributed by atoms with Crippen molar-refractivity contribution in [1.82, 2.24) is 14.8 Å². The summed E-state index contributed by atoms with van der Waals surface area (Å²) in [4.78, 5) is 14.9. The van der Waals surface area contributed by atoms with Crippen molar-refractivity contribution in [3.8, 4) is 11.3 Å². The van der Waals surface area contributed by atoms with Crippen molar-refractivity contribution in [3.63, 3.8) is 0 Å². The van der Waals surface area contributed by atoms with Crippen molar-refractivity contribution in [1.29, 1.82) is 0 Å². The van der Waals surface area contributed by atoms with E-state index in [4.69, 9.17) is 5.11 Å². The zero-order valence-corrected chi connectivity index (χ0v) is 10.5. The molecular formula is C10H8IN3O2. The number of hydrogen-bond acceptors (Lipinski definition) is 3. The van der Waals surface area contributed by atoms with Crippen LogP contribution in [0.4, 0.5) is 0 Å². The van der Waals surface area contributed by atoms with Gasteiger partial charge >= 0.3 is 5.97 Å². The third-order valence-corrected chi connectivity index (χ3v) is 3.17. The molecule has 0 radical (unpaired) electrons. The number of aromatic nitrogens is 3. The Kier molecular flexibility index (Phi) is 2.90. The first kappa shape index (κ1) is 11.1. The van der Waals surface area contributed by atoms with E-state index in [-0.39, 0.29) is 5.69 Å². The zero-order valence-electron chi connectivity index (χ0n) is 8.38. The highest BCUT2D eigenvalue weighted by molar-refractivity contribution is 14.1. The molecule has 0 aliphatic heterocycles. The minimum absolute atomic E-state index is 0.201. The molecule has 5 nitrogen and oxygen atoms in total. The van der Waals surface area contributed by atoms with E-state index in [0.717, 1.165) is 5.56 Å². The maximum Gasteiger partial charge on any atom is 0.355 e. The van der Waals surface area contributed by atoms with Gasteiger partial charge in [-0.15, -0.1) is 0 Å². The number of aryl methyl sites for hydroxylation is 1. The second kappa shape index (κ2) is 4.20. The van der Waals surface area contributed by atoms with Gasteiger partial charge in [-0.05, 0) is 34.7 Å². The molecule has 2 rings (SSSR count). The fourth-order valence-corrected chi connectivity index (χ4v) is 2.42. The van der Waals surface area contributed by atoms with Gasteiger partial charge in [0, 0.05) is 25.0 Å². The monoisotopic (exact) mass is 329 g/mol. The molecule has 2 aromatic rings. The van der Waals surface area contributed by atoms with E-state index < -0.39 is 5.97 Å². The summed E-state index contributed by atoms with van der Waals surface area (Å²) in [6, 6.07) is 3.60. The van der Waals surface area contributed by atoms with Crippen molar-refractivity contribution in [2.75, 3.05) is 0 Å². The van der Waals surface area contributed by atoms with Crippen molar-refractivity contribution in [2.24, 2.45) is 7.05 Å². The van der Waals surface area contributed by atoms with E-state index in [2.05, 4.69) is 10.1 Å². The van der Waals surface area contributed by atoms with Gasteiger partial charge in [0.15, 0.2) is 5.69 Å². The number of hydrogen-bond donors (Lipinski definition) is 1. The van der Waals surface area contributed by atoms with Crippen molar-refractivity contribution in [2.45, 2.75) is 0 Å². The molecule has 0 bridgehead atoms. The van der Waals surface area contributed by atoms with Crippen molar-refractivity contribution in [3.05, 3.63) is 33.8 Å². The predicted molar refractivity (Wildman–Crippen MR) is 66.1 cm³/mol. The summed E-state index contributed by atoms with van der Waals surface area (Å²) in [6.07, 6.45) is 3.31. The van der Waals surface area contributed by atoms with Gasteiger partial charge in [-0.25, -0.2) is 4.79 Å². The van der Waals surface area contributed by atoms with E-state index >= 15 is 0 Å². The first-order valence-electron chi connectivity index (χ1n) is 4.47. The van der Waals surface area contributed by atoms with Crippen LogP contribution in [-0.4, -0.2) is 25.8 Å². The summed E-state index contributed by atoms with van der Waals surface area (Å²) >= 11 is 2.00. The van der Waals surface area contributed by atoms with Gasteiger partial charge in [0.2, 0.25) is 0 Å². The van der Waals surface area contributed by atoms with Gasteiger partial charge in [-0.3, -0.25) is 9.67 Å². The van der Waals surface area contributed by atoms with Gasteiger partial charge in [0.25, 0.3) is 0 Å². The lowest BCUT2D eigenvalue weighted by molar-refractivity contribution is 0.0684. The van der Waals surface area contributed by atoms with E-state index in [1.54, 1.807) is 31.6 Å². The number of carboxylic acid groups (broad SMARTS) is 1. The molecule has 0 aliphatic rings. The van der Waals surface area contributed by atoms with Crippen LogP contribution in [0.25, 0.3) is 11.3 Å². The van der Waals surface area contributed by atoms with Gasteiger partial charge < -0.3 is 5.11 Å². The number of carbonyl (C=O) groups is 1. The number of carboxylic acids is 1. The second-order valence-electron chi connectivity index (χ2n) is 3.18. The summed E-state index contributed by atoms with van der Waals surface area (Å²) in [5.74, 6) is -0.972. The third-order valence-electron chi connectivity index (χ3n) is 2.15. The predicted octanol–water partition coefficient (Wildman–Crippen LogP) is 1.78. The molecule has 0 saturated carbocycles. The largest absolute Gasteiger partial charge is 0.476 e. The minimum atomic E-state index is -0.972. The maximum absolute atomic E-state index is 11.0. The first-order valence-corrected chi connectivity index (χ1v) is 5.55. The van der Waals surface area contributed by atoms with Crippen LogP contribution in [0.2, 0.25) is 0 Å². The van der Waals surface area contributed by atoms with Crippen LogP contribution < -0.4 is 0 Å². The Morgan fingerprint density at radius 3 is 2.56 bits per heavy atom. The van der Waals surface area contributed by atoms with Crippen LogP contribution in [0.15, 0.2) is 24.5 Å². The van der Waals surface area contributed by atoms with Gasteiger partial charge in [0.05, 0.1) is 3.57 Å². The Balaban J connectivity index is 2.61. The molecule has 16 heavy (non-hydrogen) atoms. The Morgan fingerprint density at radius 1 is 1.44 bits per heavy atom. The van der Waals surface area contributed by atoms with Crippen LogP contribution in [0, 0.1) is 3.57 Å². The summed E-state index contributed by atoms with van der Waals surface area (Å²) in [7, 11) is 1.62. The average Bonchev–Trinajstić information content (AvgIpc) is 2.55. The molecular weight excluding hydrogens is 321 g/mol. The lowest BCUT2D eigenvalue weighted by Crippen LogP contribution is -2.06. The molecule has 2 aromatic heterocycles. The topological polar surface area (TPSA) is 68.0 Å². The van der Waals surface area contributed by atoms with E-state index in [1.165, 1.54) is 4.68 Å². The highest BCUT2D eigenvalue weighted by Gasteiger charge is 2.20. The standard InChI is InChI=1S/C10H8IN3O2/c1-14-9(10(15)16)7(11)8(13-14)6-2-4-12-5-3-6/h2-5H,1H3,(H,15,16). The quantitative estimate of drug-likeness (QED) is 0.853. The molecule has 0 spiro atoms.